The summed E-state index contributed by atoms with van der Waals surface area (Å²) in [5.41, 5.74) is 0.380. The second-order valence-corrected chi connectivity index (χ2v) is 8.88. The van der Waals surface area contributed by atoms with Crippen LogP contribution in [-0.2, 0) is 16.6 Å². The summed E-state index contributed by atoms with van der Waals surface area (Å²) in [6.07, 6.45) is 1.42. The van der Waals surface area contributed by atoms with Gasteiger partial charge in [0.05, 0.1) is 27.6 Å². The fourth-order valence-electron chi connectivity index (χ4n) is 3.26. The lowest BCUT2D eigenvalue weighted by atomic mass is 10.2. The summed E-state index contributed by atoms with van der Waals surface area (Å²) in [5, 5.41) is 11.5. The average molecular weight is 488 g/mol. The first-order valence-corrected chi connectivity index (χ1v) is 11.5. The van der Waals surface area contributed by atoms with Crippen LogP contribution >= 0.6 is 0 Å². The molecular weight excluding hydrogens is 469 g/mol. The number of pyridine rings is 1. The minimum absolute atomic E-state index is 0.0530. The number of aromatic nitrogens is 1. The van der Waals surface area contributed by atoms with Gasteiger partial charge in [-0.1, -0.05) is 0 Å². The van der Waals surface area contributed by atoms with E-state index >= 15 is 0 Å². The molecule has 2 heterocycles. The molecule has 3 N–H and O–H groups in total. The number of benzene rings is 2. The van der Waals surface area contributed by atoms with Crippen LogP contribution in [0.15, 0.2) is 59.6 Å². The van der Waals surface area contributed by atoms with Crippen molar-refractivity contribution in [1.82, 2.24) is 9.88 Å². The third kappa shape index (κ3) is 4.59. The zero-order valence-corrected chi connectivity index (χ0v) is 18.5. The van der Waals surface area contributed by atoms with Gasteiger partial charge in [-0.3, -0.25) is 10.0 Å². The highest BCUT2D eigenvalue weighted by atomic mass is 32.2. The Bertz CT molecular complexity index is 1380. The molecule has 11 nitrogen and oxygen atoms in total. The van der Waals surface area contributed by atoms with E-state index in [1.54, 1.807) is 6.07 Å². The first kappa shape index (κ1) is 22.9. The number of hydrogen-bond acceptors (Lipinski definition) is 6. The van der Waals surface area contributed by atoms with Gasteiger partial charge in [-0.05, 0) is 37.3 Å². The quantitative estimate of drug-likeness (QED) is 0.427. The number of carbonyl (C=O) groups excluding carboxylic acids is 1. The molecule has 34 heavy (non-hydrogen) atoms. The third-order valence-corrected chi connectivity index (χ3v) is 6.43. The maximum Gasteiger partial charge on any atom is 0.323 e. The maximum atomic E-state index is 14.8. The Morgan fingerprint density at radius 1 is 1.21 bits per heavy atom. The smallest absolute Gasteiger partial charge is 0.323 e. The van der Waals surface area contributed by atoms with E-state index in [0.717, 1.165) is 30.3 Å². The number of sulfonamides is 1. The summed E-state index contributed by atoms with van der Waals surface area (Å²) in [5.74, 6) is -0.355. The van der Waals surface area contributed by atoms with Crippen molar-refractivity contribution in [1.29, 1.82) is 0 Å². The van der Waals surface area contributed by atoms with E-state index in [1.807, 2.05) is 6.92 Å². The zero-order valence-electron chi connectivity index (χ0n) is 17.7. The van der Waals surface area contributed by atoms with Crippen LogP contribution in [-0.4, -0.2) is 41.0 Å². The Balaban J connectivity index is 1.54. The topological polar surface area (TPSA) is 141 Å². The largest absolute Gasteiger partial charge is 0.454 e. The van der Waals surface area contributed by atoms with Crippen molar-refractivity contribution in [2.24, 2.45) is 0 Å². The SMILES string of the molecule is CCN1Cc2c(Oc3ccc(NS(=O)(=O)c4ccc([N+](=O)O)cc4)cc3F)ccnc2NC1=O. The van der Waals surface area contributed by atoms with Gasteiger partial charge in [0.15, 0.2) is 11.6 Å². The Morgan fingerprint density at radius 3 is 2.59 bits per heavy atom. The molecule has 2 amide bonds. The number of urea groups is 1. The molecule has 1 aliphatic rings. The van der Waals surface area contributed by atoms with Crippen LogP contribution in [0.5, 0.6) is 11.5 Å². The summed E-state index contributed by atoms with van der Waals surface area (Å²) in [4.78, 5) is 27.9. The second-order valence-electron chi connectivity index (χ2n) is 7.20. The fourth-order valence-corrected chi connectivity index (χ4v) is 4.31. The number of nitrogens with zero attached hydrogens (tertiary/aromatic N) is 3. The molecule has 0 radical (unpaired) electrons. The minimum Gasteiger partial charge on any atom is -0.454 e. The van der Waals surface area contributed by atoms with Gasteiger partial charge in [-0.25, -0.2) is 27.8 Å². The van der Waals surface area contributed by atoms with Crippen molar-refractivity contribution in [3.8, 4) is 11.5 Å². The van der Waals surface area contributed by atoms with E-state index in [1.165, 1.54) is 23.2 Å². The van der Waals surface area contributed by atoms with Gasteiger partial charge < -0.3 is 9.64 Å². The highest BCUT2D eigenvalue weighted by Gasteiger charge is 2.26. The van der Waals surface area contributed by atoms with Crippen molar-refractivity contribution >= 4 is 33.2 Å². The van der Waals surface area contributed by atoms with E-state index in [0.29, 0.717) is 23.7 Å². The Morgan fingerprint density at radius 2 is 1.94 bits per heavy atom. The average Bonchev–Trinajstić information content (AvgIpc) is 2.80. The molecule has 2 aromatic carbocycles. The molecule has 0 fully saturated rings. The van der Waals surface area contributed by atoms with E-state index in [2.05, 4.69) is 15.0 Å². The van der Waals surface area contributed by atoms with Gasteiger partial charge >= 0.3 is 11.7 Å². The molecule has 0 spiro atoms. The molecule has 176 valence electrons. The number of nitrogens with one attached hydrogen (secondary N) is 2. The molecule has 0 aliphatic carbocycles. The van der Waals surface area contributed by atoms with Gasteiger partial charge in [0.2, 0.25) is 0 Å². The third-order valence-electron chi connectivity index (χ3n) is 5.03. The number of fused-ring (bicyclic) bond motifs is 1. The van der Waals surface area contributed by atoms with Crippen molar-refractivity contribution in [2.75, 3.05) is 16.6 Å². The monoisotopic (exact) mass is 488 g/mol. The van der Waals surface area contributed by atoms with Crippen molar-refractivity contribution in [3.63, 3.8) is 0 Å². The van der Waals surface area contributed by atoms with E-state index in [4.69, 9.17) is 9.94 Å². The highest BCUT2D eigenvalue weighted by molar-refractivity contribution is 7.92. The number of hydrogen-bond donors (Lipinski definition) is 3. The summed E-state index contributed by atoms with van der Waals surface area (Å²) in [7, 11) is -4.08. The molecule has 0 atom stereocenters. The molecule has 0 saturated carbocycles. The number of halogens is 1. The number of amides is 2. The highest BCUT2D eigenvalue weighted by Crippen LogP contribution is 2.34. The molecule has 0 unspecified atom stereocenters. The minimum atomic E-state index is -4.08. The number of carbonyl (C=O) groups is 1. The lowest BCUT2D eigenvalue weighted by Gasteiger charge is -2.28. The van der Waals surface area contributed by atoms with Crippen LogP contribution in [0.1, 0.15) is 12.5 Å². The molecule has 1 aliphatic heterocycles. The molecule has 13 heteroatoms. The molecule has 0 saturated heterocycles. The first-order valence-electron chi connectivity index (χ1n) is 9.98. The van der Waals surface area contributed by atoms with Crippen LogP contribution in [0.3, 0.4) is 0 Å². The second kappa shape index (κ2) is 8.94. The lowest BCUT2D eigenvalue weighted by molar-refractivity contribution is -0.729. The van der Waals surface area contributed by atoms with E-state index in [9.17, 15) is 22.5 Å². The molecule has 0 bridgehead atoms. The Labute approximate surface area is 193 Å². The number of rotatable bonds is 7. The van der Waals surface area contributed by atoms with Crippen LogP contribution in [0.2, 0.25) is 0 Å². The maximum absolute atomic E-state index is 14.8. The lowest BCUT2D eigenvalue weighted by Crippen LogP contribution is -2.38. The predicted octanol–water partition coefficient (Wildman–Crippen LogP) is 3.98. The van der Waals surface area contributed by atoms with E-state index < -0.39 is 20.8 Å². The van der Waals surface area contributed by atoms with Gasteiger partial charge in [-0.2, -0.15) is 0 Å². The summed E-state index contributed by atoms with van der Waals surface area (Å²) < 4.78 is 47.8. The normalized spacial score (nSPS) is 13.1. The number of anilines is 2. The number of ether oxygens (including phenoxy) is 1. The molecular formula is C21H19FN5O6S+. The van der Waals surface area contributed by atoms with Crippen LogP contribution in [0, 0.1) is 10.7 Å². The zero-order chi connectivity index (χ0) is 24.5. The summed E-state index contributed by atoms with van der Waals surface area (Å²) in [6.45, 7) is 2.51. The predicted molar refractivity (Wildman–Crippen MR) is 118 cm³/mol. The Hall–Kier alpha value is -4.26. The van der Waals surface area contributed by atoms with Gasteiger partial charge in [0.1, 0.15) is 11.6 Å². The van der Waals surface area contributed by atoms with Crippen LogP contribution in [0.25, 0.3) is 0 Å². The van der Waals surface area contributed by atoms with Gasteiger partial charge in [0.25, 0.3) is 14.9 Å². The Kier molecular flexibility index (Phi) is 6.03. The van der Waals surface area contributed by atoms with Crippen molar-refractivity contribution in [3.05, 3.63) is 71.0 Å². The van der Waals surface area contributed by atoms with Crippen LogP contribution < -0.4 is 14.8 Å². The molecule has 1 aromatic heterocycles. The van der Waals surface area contributed by atoms with Crippen molar-refractivity contribution < 1.29 is 32.5 Å². The fraction of sp³-hybridized carbons (Fsp3) is 0.143. The molecule has 3 aromatic rings. The van der Waals surface area contributed by atoms with E-state index in [-0.39, 0.29) is 34.6 Å². The van der Waals surface area contributed by atoms with Crippen LogP contribution in [0.4, 0.5) is 26.4 Å². The van der Waals surface area contributed by atoms with Gasteiger partial charge in [-0.15, -0.1) is 0 Å². The van der Waals surface area contributed by atoms with Gasteiger partial charge in [0, 0.05) is 30.9 Å². The summed E-state index contributed by atoms with van der Waals surface area (Å²) in [6, 6.07) is 9.29. The first-order chi connectivity index (χ1) is 16.2. The molecule has 4 rings (SSSR count). The van der Waals surface area contributed by atoms with Crippen molar-refractivity contribution in [2.45, 2.75) is 18.4 Å². The standard InChI is InChI=1S/C21H18FN5O6S/c1-2-26-12-16-18(9-10-23-20(16)24-21(26)28)33-19-8-3-13(11-17(19)22)25-34(31,32)15-6-4-14(5-7-15)27(29)30/h3-11,25H,2,12H2,1H3,(H-,23,24,28,29,30)/p+1. The summed E-state index contributed by atoms with van der Waals surface area (Å²) >= 11 is 0.